The Balaban J connectivity index is 2.11. The minimum Gasteiger partial charge on any atom is -0.395 e. The van der Waals surface area contributed by atoms with E-state index in [2.05, 4.69) is 21.2 Å². The van der Waals surface area contributed by atoms with Crippen LogP contribution in [0.3, 0.4) is 0 Å². The number of nitro groups is 1. The maximum atomic E-state index is 11.7. The molecule has 6 nitrogen and oxygen atoms in total. The molecule has 0 aliphatic rings. The predicted molar refractivity (Wildman–Crippen MR) is 67.5 cm³/mol. The fraction of sp³-hybridized carbons (Fsp3) is 0. The van der Waals surface area contributed by atoms with Gasteiger partial charge in [-0.25, -0.2) is 0 Å². The van der Waals surface area contributed by atoms with Gasteiger partial charge in [-0.2, -0.15) is 0 Å². The highest BCUT2D eigenvalue weighted by molar-refractivity contribution is 9.10. The van der Waals surface area contributed by atoms with E-state index in [-0.39, 0.29) is 5.76 Å². The zero-order valence-electron chi connectivity index (χ0n) is 8.92. The lowest BCUT2D eigenvalue weighted by atomic mass is 10.3. The lowest BCUT2D eigenvalue weighted by molar-refractivity contribution is -0.402. The van der Waals surface area contributed by atoms with Gasteiger partial charge in [0.05, 0.1) is 6.07 Å². The Morgan fingerprint density at radius 3 is 2.44 bits per heavy atom. The fourth-order valence-electron chi connectivity index (χ4n) is 1.27. The molecule has 0 radical (unpaired) electrons. The van der Waals surface area contributed by atoms with Gasteiger partial charge in [0, 0.05) is 10.2 Å². The number of benzene rings is 1. The van der Waals surface area contributed by atoms with Crippen molar-refractivity contribution in [3.8, 4) is 0 Å². The average Bonchev–Trinajstić information content (AvgIpc) is 2.81. The number of carbonyl (C=O) groups excluding carboxylic acids is 1. The van der Waals surface area contributed by atoms with Gasteiger partial charge in [0.25, 0.3) is 5.91 Å². The second kappa shape index (κ2) is 5.01. The topological polar surface area (TPSA) is 85.4 Å². The van der Waals surface area contributed by atoms with E-state index in [1.165, 1.54) is 6.07 Å². The summed E-state index contributed by atoms with van der Waals surface area (Å²) in [5, 5.41) is 13.0. The van der Waals surface area contributed by atoms with Crippen LogP contribution < -0.4 is 5.32 Å². The van der Waals surface area contributed by atoms with Crippen molar-refractivity contribution in [3.63, 3.8) is 0 Å². The average molecular weight is 311 g/mol. The molecule has 1 aromatic heterocycles. The van der Waals surface area contributed by atoms with Crippen LogP contribution in [-0.2, 0) is 0 Å². The molecule has 0 saturated heterocycles. The number of halogens is 1. The quantitative estimate of drug-likeness (QED) is 0.696. The summed E-state index contributed by atoms with van der Waals surface area (Å²) in [6.07, 6.45) is 0. The van der Waals surface area contributed by atoms with Crippen molar-refractivity contribution in [3.05, 3.63) is 56.7 Å². The molecule has 0 fully saturated rings. The van der Waals surface area contributed by atoms with Gasteiger partial charge < -0.3 is 9.73 Å². The molecule has 1 heterocycles. The van der Waals surface area contributed by atoms with Crippen molar-refractivity contribution in [2.45, 2.75) is 0 Å². The molecular formula is C11H7BrN2O4. The Hall–Kier alpha value is -2.15. The van der Waals surface area contributed by atoms with Gasteiger partial charge in [0.1, 0.15) is 4.92 Å². The molecule has 92 valence electrons. The van der Waals surface area contributed by atoms with Crippen LogP contribution in [0.4, 0.5) is 11.6 Å². The molecule has 18 heavy (non-hydrogen) atoms. The number of nitrogens with zero attached hydrogens (tertiary/aromatic N) is 1. The van der Waals surface area contributed by atoms with E-state index in [1.807, 2.05) is 0 Å². The summed E-state index contributed by atoms with van der Waals surface area (Å²) in [7, 11) is 0. The minimum absolute atomic E-state index is 0.107. The van der Waals surface area contributed by atoms with E-state index >= 15 is 0 Å². The number of anilines is 1. The zero-order valence-corrected chi connectivity index (χ0v) is 10.5. The molecule has 1 amide bonds. The molecule has 0 spiro atoms. The number of furan rings is 1. The first-order chi connectivity index (χ1) is 8.56. The van der Waals surface area contributed by atoms with Crippen molar-refractivity contribution >= 4 is 33.4 Å². The first-order valence-corrected chi connectivity index (χ1v) is 5.67. The van der Waals surface area contributed by atoms with E-state index in [0.29, 0.717) is 5.69 Å². The van der Waals surface area contributed by atoms with E-state index in [1.54, 1.807) is 24.3 Å². The summed E-state index contributed by atoms with van der Waals surface area (Å²) in [6.45, 7) is 0. The van der Waals surface area contributed by atoms with Gasteiger partial charge >= 0.3 is 5.88 Å². The van der Waals surface area contributed by atoms with Crippen LogP contribution in [-0.4, -0.2) is 10.8 Å². The van der Waals surface area contributed by atoms with Gasteiger partial charge in [-0.1, -0.05) is 15.9 Å². The molecule has 0 atom stereocenters. The summed E-state index contributed by atoms with van der Waals surface area (Å²) in [6, 6.07) is 9.31. The van der Waals surface area contributed by atoms with Crippen LogP contribution in [0.1, 0.15) is 10.6 Å². The standard InChI is InChI=1S/C11H7BrN2O4/c12-7-1-3-8(4-2-7)13-11(15)9-5-6-10(18-9)14(16)17/h1-6H,(H,13,15). The first kappa shape index (κ1) is 12.3. The normalized spacial score (nSPS) is 10.1. The number of rotatable bonds is 3. The Morgan fingerprint density at radius 2 is 1.89 bits per heavy atom. The second-order valence-corrected chi connectivity index (χ2v) is 4.27. The molecular weight excluding hydrogens is 304 g/mol. The smallest absolute Gasteiger partial charge is 0.395 e. The van der Waals surface area contributed by atoms with Crippen LogP contribution >= 0.6 is 15.9 Å². The van der Waals surface area contributed by atoms with Crippen LogP contribution in [0.5, 0.6) is 0 Å². The number of hydrogen-bond donors (Lipinski definition) is 1. The highest BCUT2D eigenvalue weighted by Gasteiger charge is 2.17. The Bertz CT molecular complexity index is 591. The molecule has 0 aliphatic carbocycles. The van der Waals surface area contributed by atoms with E-state index in [4.69, 9.17) is 4.42 Å². The van der Waals surface area contributed by atoms with Crippen LogP contribution in [0, 0.1) is 10.1 Å². The first-order valence-electron chi connectivity index (χ1n) is 4.87. The minimum atomic E-state index is -0.698. The summed E-state index contributed by atoms with van der Waals surface area (Å²) < 4.78 is 5.67. The summed E-state index contributed by atoms with van der Waals surface area (Å²) in [5.41, 5.74) is 0.572. The third-order valence-electron chi connectivity index (χ3n) is 2.10. The largest absolute Gasteiger partial charge is 0.433 e. The van der Waals surface area contributed by atoms with Gasteiger partial charge in [-0.15, -0.1) is 0 Å². The van der Waals surface area contributed by atoms with E-state index < -0.39 is 16.7 Å². The lowest BCUT2D eigenvalue weighted by Gasteiger charge is -2.02. The number of hydrogen-bond acceptors (Lipinski definition) is 4. The Kier molecular flexibility index (Phi) is 3.42. The molecule has 2 rings (SSSR count). The maximum Gasteiger partial charge on any atom is 0.433 e. The third-order valence-corrected chi connectivity index (χ3v) is 2.63. The molecule has 7 heteroatoms. The highest BCUT2D eigenvalue weighted by Crippen LogP contribution is 2.18. The predicted octanol–water partition coefficient (Wildman–Crippen LogP) is 3.20. The lowest BCUT2D eigenvalue weighted by Crippen LogP contribution is -2.10. The zero-order chi connectivity index (χ0) is 13.1. The molecule has 1 N–H and O–H groups in total. The van der Waals surface area contributed by atoms with Crippen LogP contribution in [0.2, 0.25) is 0 Å². The summed E-state index contributed by atoms with van der Waals surface area (Å²) >= 11 is 3.27. The second-order valence-electron chi connectivity index (χ2n) is 3.36. The maximum absolute atomic E-state index is 11.7. The molecule has 0 aliphatic heterocycles. The van der Waals surface area contributed by atoms with Crippen molar-refractivity contribution in [2.75, 3.05) is 5.32 Å². The monoisotopic (exact) mass is 310 g/mol. The Labute approximate surface area is 110 Å². The SMILES string of the molecule is O=C(Nc1ccc(Br)cc1)c1ccc([N+](=O)[O-])o1. The number of carbonyl (C=O) groups is 1. The van der Waals surface area contributed by atoms with Gasteiger partial charge in [0.15, 0.2) is 5.76 Å². The Morgan fingerprint density at radius 1 is 1.22 bits per heavy atom. The van der Waals surface area contributed by atoms with Gasteiger partial charge in [-0.3, -0.25) is 14.9 Å². The highest BCUT2D eigenvalue weighted by atomic mass is 79.9. The van der Waals surface area contributed by atoms with E-state index in [9.17, 15) is 14.9 Å². The van der Waals surface area contributed by atoms with Crippen molar-refractivity contribution < 1.29 is 14.1 Å². The van der Waals surface area contributed by atoms with Gasteiger partial charge in [-0.05, 0) is 30.3 Å². The summed E-state index contributed by atoms with van der Waals surface area (Å²) in [5.74, 6) is -1.11. The van der Waals surface area contributed by atoms with E-state index in [0.717, 1.165) is 10.5 Å². The van der Waals surface area contributed by atoms with Gasteiger partial charge in [0.2, 0.25) is 0 Å². The molecule has 0 bridgehead atoms. The molecule has 0 unspecified atom stereocenters. The number of nitrogens with one attached hydrogen (secondary N) is 1. The summed E-state index contributed by atoms with van der Waals surface area (Å²) in [4.78, 5) is 21.4. The van der Waals surface area contributed by atoms with Crippen molar-refractivity contribution in [1.82, 2.24) is 0 Å². The van der Waals surface area contributed by atoms with Crippen molar-refractivity contribution in [1.29, 1.82) is 0 Å². The number of amides is 1. The molecule has 2 aromatic rings. The molecule has 0 saturated carbocycles. The van der Waals surface area contributed by atoms with Crippen LogP contribution in [0.25, 0.3) is 0 Å². The third kappa shape index (κ3) is 2.75. The molecule has 1 aromatic carbocycles. The van der Waals surface area contributed by atoms with Crippen LogP contribution in [0.15, 0.2) is 45.3 Å². The van der Waals surface area contributed by atoms with Crippen molar-refractivity contribution in [2.24, 2.45) is 0 Å². The fourth-order valence-corrected chi connectivity index (χ4v) is 1.54.